The van der Waals surface area contributed by atoms with Crippen LogP contribution in [0.2, 0.25) is 0 Å². The molecule has 2 heteroatoms. The summed E-state index contributed by atoms with van der Waals surface area (Å²) in [5.74, 6) is 3.50. The highest BCUT2D eigenvalue weighted by Gasteiger charge is 2.21. The minimum Gasteiger partial charge on any atom is -0.480 e. The first-order valence-corrected chi connectivity index (χ1v) is 8.82. The fraction of sp³-hybridized carbons (Fsp3) is 0.217. The highest BCUT2D eigenvalue weighted by Crippen LogP contribution is 2.28. The molecule has 0 aromatic heterocycles. The third-order valence-electron chi connectivity index (χ3n) is 5.04. The number of hydrogen-bond donors (Lipinski definition) is 1. The Hall–Kier alpha value is -2.76. The summed E-state index contributed by atoms with van der Waals surface area (Å²) in [6.45, 7) is 3.47. The van der Waals surface area contributed by atoms with E-state index in [1.165, 1.54) is 27.5 Å². The number of fused-ring (bicyclic) bond motifs is 2. The molecule has 0 saturated carbocycles. The predicted molar refractivity (Wildman–Crippen MR) is 102 cm³/mol. The molecule has 1 heterocycles. The maximum absolute atomic E-state index is 5.86. The molecule has 0 aliphatic carbocycles. The number of rotatable bonds is 4. The second kappa shape index (κ2) is 7.01. The lowest BCUT2D eigenvalue weighted by molar-refractivity contribution is -0.929. The van der Waals surface area contributed by atoms with Gasteiger partial charge in [0.2, 0.25) is 0 Å². The Morgan fingerprint density at radius 1 is 0.960 bits per heavy atom. The maximum Gasteiger partial charge on any atom is 0.148 e. The summed E-state index contributed by atoms with van der Waals surface area (Å²) in [7, 11) is 0. The SMILES string of the molecule is C#CCOc1ccc2ccccc2c1C[NH+]1CCc2ccccc2C1. The van der Waals surface area contributed by atoms with Crippen molar-refractivity contribution in [1.82, 2.24) is 0 Å². The van der Waals surface area contributed by atoms with Gasteiger partial charge in [-0.15, -0.1) is 6.42 Å². The molecule has 25 heavy (non-hydrogen) atoms. The van der Waals surface area contributed by atoms with Crippen LogP contribution in [0.25, 0.3) is 10.8 Å². The van der Waals surface area contributed by atoms with E-state index in [9.17, 15) is 0 Å². The van der Waals surface area contributed by atoms with Crippen molar-refractivity contribution < 1.29 is 9.64 Å². The molecule has 0 spiro atoms. The molecule has 1 N–H and O–H groups in total. The molecular weight excluding hydrogens is 306 g/mol. The van der Waals surface area contributed by atoms with Gasteiger partial charge >= 0.3 is 0 Å². The van der Waals surface area contributed by atoms with E-state index >= 15 is 0 Å². The fourth-order valence-electron chi connectivity index (χ4n) is 3.80. The smallest absolute Gasteiger partial charge is 0.148 e. The van der Waals surface area contributed by atoms with Gasteiger partial charge in [0, 0.05) is 12.0 Å². The second-order valence-corrected chi connectivity index (χ2v) is 6.63. The molecule has 0 radical (unpaired) electrons. The average Bonchev–Trinajstić information content (AvgIpc) is 2.67. The predicted octanol–water partition coefficient (Wildman–Crippen LogP) is 2.99. The summed E-state index contributed by atoms with van der Waals surface area (Å²) in [6, 6.07) is 21.5. The summed E-state index contributed by atoms with van der Waals surface area (Å²) in [5.41, 5.74) is 4.23. The second-order valence-electron chi connectivity index (χ2n) is 6.63. The van der Waals surface area contributed by atoms with Crippen molar-refractivity contribution >= 4 is 10.8 Å². The zero-order chi connectivity index (χ0) is 17.1. The minimum atomic E-state index is 0.309. The molecule has 124 valence electrons. The lowest BCUT2D eigenvalue weighted by Gasteiger charge is -2.27. The van der Waals surface area contributed by atoms with E-state index in [0.717, 1.165) is 31.8 Å². The van der Waals surface area contributed by atoms with Crippen molar-refractivity contribution in [2.45, 2.75) is 19.5 Å². The van der Waals surface area contributed by atoms with E-state index < -0.39 is 0 Å². The van der Waals surface area contributed by atoms with Crippen molar-refractivity contribution in [1.29, 1.82) is 0 Å². The van der Waals surface area contributed by atoms with Gasteiger partial charge in [-0.2, -0.15) is 0 Å². The molecule has 3 aromatic carbocycles. The molecule has 2 nitrogen and oxygen atoms in total. The van der Waals surface area contributed by atoms with E-state index in [1.54, 1.807) is 4.90 Å². The Kier molecular flexibility index (Phi) is 4.41. The molecule has 1 aliphatic heterocycles. The lowest BCUT2D eigenvalue weighted by Crippen LogP contribution is -3.10. The third kappa shape index (κ3) is 3.24. The standard InChI is InChI=1S/C23H21NO/c1-2-15-25-23-12-11-19-8-5-6-10-21(19)22(23)17-24-14-13-18-7-3-4-9-20(18)16-24/h1,3-12H,13-17H2/p+1. The van der Waals surface area contributed by atoms with Crippen LogP contribution in [0.3, 0.4) is 0 Å². The maximum atomic E-state index is 5.86. The van der Waals surface area contributed by atoms with E-state index in [1.807, 2.05) is 0 Å². The average molecular weight is 328 g/mol. The molecule has 1 unspecified atom stereocenters. The number of quaternary nitrogens is 1. The Morgan fingerprint density at radius 3 is 2.64 bits per heavy atom. The first-order valence-electron chi connectivity index (χ1n) is 8.82. The Labute approximate surface area is 149 Å². The monoisotopic (exact) mass is 328 g/mol. The highest BCUT2D eigenvalue weighted by atomic mass is 16.5. The highest BCUT2D eigenvalue weighted by molar-refractivity contribution is 5.87. The number of hydrogen-bond acceptors (Lipinski definition) is 1. The zero-order valence-corrected chi connectivity index (χ0v) is 14.3. The molecule has 0 bridgehead atoms. The Morgan fingerprint density at radius 2 is 1.76 bits per heavy atom. The molecule has 4 rings (SSSR count). The van der Waals surface area contributed by atoms with Gasteiger partial charge in [-0.3, -0.25) is 0 Å². The van der Waals surface area contributed by atoms with Gasteiger partial charge in [-0.1, -0.05) is 60.5 Å². The molecular formula is C23H22NO+. The van der Waals surface area contributed by atoms with Crippen LogP contribution < -0.4 is 9.64 Å². The van der Waals surface area contributed by atoms with Crippen LogP contribution in [0.15, 0.2) is 60.7 Å². The Bertz CT molecular complexity index is 938. The van der Waals surface area contributed by atoms with E-state index in [2.05, 4.69) is 66.6 Å². The molecule has 0 fully saturated rings. The van der Waals surface area contributed by atoms with Crippen molar-refractivity contribution in [2.24, 2.45) is 0 Å². The third-order valence-corrected chi connectivity index (χ3v) is 5.04. The van der Waals surface area contributed by atoms with Gasteiger partial charge in [0.05, 0.1) is 12.1 Å². The number of benzene rings is 3. The van der Waals surface area contributed by atoms with Crippen molar-refractivity contribution in [2.75, 3.05) is 13.2 Å². The summed E-state index contributed by atoms with van der Waals surface area (Å²) in [4.78, 5) is 1.57. The van der Waals surface area contributed by atoms with Crippen molar-refractivity contribution in [3.8, 4) is 18.1 Å². The van der Waals surface area contributed by atoms with Gasteiger partial charge in [0.25, 0.3) is 0 Å². The van der Waals surface area contributed by atoms with E-state index in [-0.39, 0.29) is 0 Å². The van der Waals surface area contributed by atoms with Crippen LogP contribution in [-0.4, -0.2) is 13.2 Å². The Balaban J connectivity index is 1.67. The van der Waals surface area contributed by atoms with E-state index in [0.29, 0.717) is 6.61 Å². The van der Waals surface area contributed by atoms with Crippen LogP contribution >= 0.6 is 0 Å². The van der Waals surface area contributed by atoms with Crippen LogP contribution in [0.4, 0.5) is 0 Å². The topological polar surface area (TPSA) is 13.7 Å². The molecule has 3 aromatic rings. The largest absolute Gasteiger partial charge is 0.480 e. The quantitative estimate of drug-likeness (QED) is 0.727. The first-order chi connectivity index (χ1) is 12.3. The minimum absolute atomic E-state index is 0.309. The summed E-state index contributed by atoms with van der Waals surface area (Å²) < 4.78 is 5.86. The summed E-state index contributed by atoms with van der Waals surface area (Å²) in [6.07, 6.45) is 6.53. The fourth-order valence-corrected chi connectivity index (χ4v) is 3.80. The van der Waals surface area contributed by atoms with Gasteiger partial charge < -0.3 is 9.64 Å². The van der Waals surface area contributed by atoms with Crippen LogP contribution in [0.5, 0.6) is 5.75 Å². The van der Waals surface area contributed by atoms with Crippen molar-refractivity contribution in [3.05, 3.63) is 77.4 Å². The summed E-state index contributed by atoms with van der Waals surface area (Å²) >= 11 is 0. The van der Waals surface area contributed by atoms with Gasteiger partial charge in [-0.05, 0) is 22.4 Å². The molecule has 0 saturated heterocycles. The van der Waals surface area contributed by atoms with Crippen LogP contribution in [0, 0.1) is 12.3 Å². The molecule has 1 atom stereocenters. The van der Waals surface area contributed by atoms with Gasteiger partial charge in [0.15, 0.2) is 0 Å². The normalized spacial score (nSPS) is 16.2. The summed E-state index contributed by atoms with van der Waals surface area (Å²) in [5, 5.41) is 2.52. The van der Waals surface area contributed by atoms with Crippen molar-refractivity contribution in [3.63, 3.8) is 0 Å². The number of terminal acetylenes is 1. The number of nitrogens with one attached hydrogen (secondary N) is 1. The zero-order valence-electron chi connectivity index (χ0n) is 14.3. The van der Waals surface area contributed by atoms with Crippen LogP contribution in [0.1, 0.15) is 16.7 Å². The molecule has 1 aliphatic rings. The molecule has 0 amide bonds. The first kappa shape index (κ1) is 15.7. The lowest BCUT2D eigenvalue weighted by atomic mass is 9.98. The number of ether oxygens (including phenoxy) is 1. The van der Waals surface area contributed by atoms with Gasteiger partial charge in [-0.25, -0.2) is 0 Å². The van der Waals surface area contributed by atoms with Crippen LogP contribution in [-0.2, 0) is 19.5 Å². The van der Waals surface area contributed by atoms with Gasteiger partial charge in [0.1, 0.15) is 25.4 Å². The van der Waals surface area contributed by atoms with E-state index in [4.69, 9.17) is 11.2 Å².